The molecule has 6 nitrogen and oxygen atoms in total. The molecule has 0 N–H and O–H groups in total. The van der Waals surface area contributed by atoms with Crippen molar-refractivity contribution in [2.75, 3.05) is 0 Å². The van der Waals surface area contributed by atoms with Crippen molar-refractivity contribution in [3.63, 3.8) is 0 Å². The Morgan fingerprint density at radius 1 is 1.03 bits per heavy atom. The Labute approximate surface area is 209 Å². The van der Waals surface area contributed by atoms with Gasteiger partial charge in [0, 0.05) is 22.3 Å². The Kier molecular flexibility index (Phi) is 7.06. The van der Waals surface area contributed by atoms with Crippen LogP contribution in [0, 0.1) is 11.3 Å². The molecule has 0 fully saturated rings. The molecule has 3 aromatic carbocycles. The summed E-state index contributed by atoms with van der Waals surface area (Å²) in [5.41, 5.74) is 2.57. The molecule has 35 heavy (non-hydrogen) atoms. The third-order valence-corrected chi connectivity index (χ3v) is 7.01. The van der Waals surface area contributed by atoms with Crippen molar-refractivity contribution in [1.82, 2.24) is 9.78 Å². The summed E-state index contributed by atoms with van der Waals surface area (Å²) in [4.78, 5) is -0.407. The van der Waals surface area contributed by atoms with Crippen LogP contribution < -0.4 is 4.74 Å². The van der Waals surface area contributed by atoms with Gasteiger partial charge in [-0.25, -0.2) is 13.1 Å². The number of aromatic nitrogens is 2. The maximum absolute atomic E-state index is 13.2. The van der Waals surface area contributed by atoms with Gasteiger partial charge in [0.15, 0.2) is 0 Å². The molecule has 1 aromatic heterocycles. The number of hydrogen-bond donors (Lipinski definition) is 0. The van der Waals surface area contributed by atoms with E-state index in [9.17, 15) is 13.7 Å². The molecule has 0 aliphatic rings. The lowest BCUT2D eigenvalue weighted by Crippen LogP contribution is -2.05. The predicted molar refractivity (Wildman–Crippen MR) is 137 cm³/mol. The molecule has 0 radical (unpaired) electrons. The van der Waals surface area contributed by atoms with E-state index in [1.54, 1.807) is 10.9 Å². The number of para-hydroxylation sites is 1. The second-order valence-electron chi connectivity index (χ2n) is 7.98. The van der Waals surface area contributed by atoms with E-state index in [4.69, 9.17) is 21.4 Å². The lowest BCUT2D eigenvalue weighted by Gasteiger charge is -2.10. The lowest BCUT2D eigenvalue weighted by molar-refractivity contribution is 0.242. The first-order chi connectivity index (χ1) is 16.8. The van der Waals surface area contributed by atoms with Crippen LogP contribution in [0.2, 0.25) is 5.02 Å². The second kappa shape index (κ2) is 10.2. The largest absolute Gasteiger partial charge is 0.491 e. The van der Waals surface area contributed by atoms with Crippen LogP contribution in [0.15, 0.2) is 94.9 Å². The number of nitrogens with zero attached hydrogens (tertiary/aromatic N) is 3. The van der Waals surface area contributed by atoms with Gasteiger partial charge in [-0.1, -0.05) is 29.8 Å². The van der Waals surface area contributed by atoms with Crippen molar-refractivity contribution in [3.8, 4) is 28.8 Å². The second-order valence-corrected chi connectivity index (χ2v) is 10.3. The zero-order chi connectivity index (χ0) is 25.0. The third-order valence-electron chi connectivity index (χ3n) is 5.07. The first-order valence-electron chi connectivity index (χ1n) is 10.8. The standard InChI is InChI=1S/C27H22ClN3O3S/c1-19(2)34-24-12-8-20(9-13-24)27-21(18-31(30-27)23-6-4-3-5-7-23)16-26(17-29)35(32,33)25-14-10-22(28)11-15-25/h3-16,18-19H,1-2H3/b26-16-. The van der Waals surface area contributed by atoms with E-state index in [2.05, 4.69) is 0 Å². The van der Waals surface area contributed by atoms with E-state index in [1.807, 2.05) is 74.5 Å². The maximum atomic E-state index is 13.2. The molecule has 0 aliphatic heterocycles. The highest BCUT2D eigenvalue weighted by atomic mass is 35.5. The first-order valence-corrected chi connectivity index (χ1v) is 12.7. The van der Waals surface area contributed by atoms with E-state index < -0.39 is 14.7 Å². The molecule has 0 atom stereocenters. The summed E-state index contributed by atoms with van der Waals surface area (Å²) in [6.07, 6.45) is 3.09. The molecule has 0 amide bonds. The molecule has 0 spiro atoms. The van der Waals surface area contributed by atoms with Gasteiger partial charge in [-0.05, 0) is 80.6 Å². The summed E-state index contributed by atoms with van der Waals surface area (Å²) in [7, 11) is -4.06. The number of benzene rings is 3. The number of ether oxygens (including phenoxy) is 1. The van der Waals surface area contributed by atoms with Crippen molar-refractivity contribution in [3.05, 3.63) is 101 Å². The zero-order valence-electron chi connectivity index (χ0n) is 19.1. The van der Waals surface area contributed by atoms with Gasteiger partial charge in [-0.2, -0.15) is 10.4 Å². The summed E-state index contributed by atoms with van der Waals surface area (Å²) in [5, 5.41) is 14.9. The quantitative estimate of drug-likeness (QED) is 0.275. The van der Waals surface area contributed by atoms with Gasteiger partial charge in [0.25, 0.3) is 0 Å². The van der Waals surface area contributed by atoms with E-state index in [1.165, 1.54) is 30.3 Å². The highest BCUT2D eigenvalue weighted by Gasteiger charge is 2.22. The van der Waals surface area contributed by atoms with E-state index >= 15 is 0 Å². The van der Waals surface area contributed by atoms with Crippen molar-refractivity contribution in [1.29, 1.82) is 5.26 Å². The summed E-state index contributed by atoms with van der Waals surface area (Å²) >= 11 is 5.90. The van der Waals surface area contributed by atoms with Crippen LogP contribution in [0.1, 0.15) is 19.4 Å². The highest BCUT2D eigenvalue weighted by Crippen LogP contribution is 2.30. The average molecular weight is 504 g/mol. The Bertz CT molecular complexity index is 1500. The maximum Gasteiger partial charge on any atom is 0.216 e. The van der Waals surface area contributed by atoms with Crippen molar-refractivity contribution < 1.29 is 13.2 Å². The fraction of sp³-hybridized carbons (Fsp3) is 0.111. The summed E-state index contributed by atoms with van der Waals surface area (Å²) in [6, 6.07) is 24.4. The Morgan fingerprint density at radius 3 is 2.29 bits per heavy atom. The van der Waals surface area contributed by atoms with Gasteiger partial charge in [-0.15, -0.1) is 0 Å². The molecule has 0 saturated carbocycles. The molecule has 1 heterocycles. The Balaban J connectivity index is 1.83. The minimum absolute atomic E-state index is 0.0121. The van der Waals surface area contributed by atoms with Crippen LogP contribution in [0.5, 0.6) is 5.75 Å². The van der Waals surface area contributed by atoms with Gasteiger partial charge in [0.1, 0.15) is 22.4 Å². The fourth-order valence-corrected chi connectivity index (χ4v) is 4.72. The zero-order valence-corrected chi connectivity index (χ0v) is 20.7. The van der Waals surface area contributed by atoms with Crippen LogP contribution >= 0.6 is 11.6 Å². The number of nitriles is 1. The molecule has 4 aromatic rings. The topological polar surface area (TPSA) is 85.0 Å². The average Bonchev–Trinajstić information content (AvgIpc) is 3.27. The highest BCUT2D eigenvalue weighted by molar-refractivity contribution is 7.95. The summed E-state index contributed by atoms with van der Waals surface area (Å²) < 4.78 is 33.7. The molecular formula is C27H22ClN3O3S. The fourth-order valence-electron chi connectivity index (χ4n) is 3.45. The molecule has 0 saturated heterocycles. The summed E-state index contributed by atoms with van der Waals surface area (Å²) in [5.74, 6) is 0.714. The molecule has 176 valence electrons. The monoisotopic (exact) mass is 503 g/mol. The molecule has 4 rings (SSSR count). The molecule has 0 bridgehead atoms. The minimum Gasteiger partial charge on any atom is -0.491 e. The molecule has 8 heteroatoms. The number of halogens is 1. The van der Waals surface area contributed by atoms with Crippen molar-refractivity contribution in [2.24, 2.45) is 0 Å². The number of hydrogen-bond acceptors (Lipinski definition) is 5. The van der Waals surface area contributed by atoms with Crippen molar-refractivity contribution >= 4 is 27.5 Å². The number of sulfone groups is 1. The number of allylic oxidation sites excluding steroid dienone is 1. The Hall–Kier alpha value is -3.86. The van der Waals surface area contributed by atoms with Gasteiger partial charge in [0.2, 0.25) is 9.84 Å². The summed E-state index contributed by atoms with van der Waals surface area (Å²) in [6.45, 7) is 3.89. The van der Waals surface area contributed by atoms with Crippen LogP contribution in [-0.4, -0.2) is 24.3 Å². The van der Waals surface area contributed by atoms with Gasteiger partial charge >= 0.3 is 0 Å². The lowest BCUT2D eigenvalue weighted by atomic mass is 10.1. The van der Waals surface area contributed by atoms with Gasteiger partial charge in [0.05, 0.1) is 16.7 Å². The smallest absolute Gasteiger partial charge is 0.216 e. The first kappa shape index (κ1) is 24.3. The normalized spacial score (nSPS) is 11.9. The van der Waals surface area contributed by atoms with Gasteiger partial charge in [-0.3, -0.25) is 0 Å². The molecular weight excluding hydrogens is 482 g/mol. The van der Waals surface area contributed by atoms with Crippen LogP contribution in [0.4, 0.5) is 0 Å². The third kappa shape index (κ3) is 5.46. The predicted octanol–water partition coefficient (Wildman–Crippen LogP) is 6.32. The van der Waals surface area contributed by atoms with Crippen LogP contribution in [0.3, 0.4) is 0 Å². The molecule has 0 unspecified atom stereocenters. The van der Waals surface area contributed by atoms with Crippen molar-refractivity contribution in [2.45, 2.75) is 24.8 Å². The van der Waals surface area contributed by atoms with Gasteiger partial charge < -0.3 is 4.74 Å². The number of rotatable bonds is 7. The van der Waals surface area contributed by atoms with E-state index in [0.29, 0.717) is 22.0 Å². The SMILES string of the molecule is CC(C)Oc1ccc(-c2nn(-c3ccccc3)cc2/C=C(/C#N)S(=O)(=O)c2ccc(Cl)cc2)cc1. The van der Waals surface area contributed by atoms with E-state index in [-0.39, 0.29) is 11.0 Å². The van der Waals surface area contributed by atoms with E-state index in [0.717, 1.165) is 11.3 Å². The van der Waals surface area contributed by atoms with Crippen LogP contribution in [-0.2, 0) is 9.84 Å². The minimum atomic E-state index is -4.06. The van der Waals surface area contributed by atoms with Crippen LogP contribution in [0.25, 0.3) is 23.0 Å². The molecule has 0 aliphatic carbocycles. The Morgan fingerprint density at radius 2 is 1.69 bits per heavy atom.